The number of hydrogen-bond donors (Lipinski definition) is 1. The van der Waals surface area contributed by atoms with Crippen molar-refractivity contribution in [1.29, 1.82) is 0 Å². The van der Waals surface area contributed by atoms with E-state index in [0.29, 0.717) is 12.1 Å². The van der Waals surface area contributed by atoms with Gasteiger partial charge in [0.05, 0.1) is 5.69 Å². The lowest BCUT2D eigenvalue weighted by Gasteiger charge is -2.13. The topological polar surface area (TPSA) is 72.2 Å². The Labute approximate surface area is 94.9 Å². The van der Waals surface area contributed by atoms with Crippen LogP contribution >= 0.6 is 15.9 Å². The zero-order valence-corrected chi connectivity index (χ0v) is 9.98. The van der Waals surface area contributed by atoms with Gasteiger partial charge in [-0.25, -0.2) is 9.78 Å². The molecular formula is C9H11BrN2O3. The van der Waals surface area contributed by atoms with Crippen molar-refractivity contribution in [2.45, 2.75) is 26.3 Å². The first-order valence-electron chi connectivity index (χ1n) is 4.45. The summed E-state index contributed by atoms with van der Waals surface area (Å²) in [7, 11) is 0. The van der Waals surface area contributed by atoms with Gasteiger partial charge < -0.3 is 5.11 Å². The minimum atomic E-state index is -1.02. The molecule has 0 aliphatic heterocycles. The van der Waals surface area contributed by atoms with Crippen molar-refractivity contribution in [3.05, 3.63) is 26.8 Å². The van der Waals surface area contributed by atoms with Crippen LogP contribution in [0, 0.1) is 6.92 Å². The molecule has 0 aliphatic rings. The third kappa shape index (κ3) is 2.44. The number of hydrogen-bond acceptors (Lipinski definition) is 3. The molecule has 1 atom stereocenters. The van der Waals surface area contributed by atoms with Gasteiger partial charge in [-0.2, -0.15) is 0 Å². The number of aliphatic carboxylic acids is 1. The highest BCUT2D eigenvalue weighted by molar-refractivity contribution is 9.10. The lowest BCUT2D eigenvalue weighted by atomic mass is 10.2. The number of carboxylic acids is 1. The predicted molar refractivity (Wildman–Crippen MR) is 57.9 cm³/mol. The summed E-state index contributed by atoms with van der Waals surface area (Å²) >= 11 is 3.01. The summed E-state index contributed by atoms with van der Waals surface area (Å²) in [6.07, 6.45) is 1.81. The Morgan fingerprint density at radius 2 is 2.33 bits per heavy atom. The predicted octanol–water partition coefficient (Wildman–Crippen LogP) is 1.35. The van der Waals surface area contributed by atoms with Crippen LogP contribution in [0.1, 0.15) is 25.1 Å². The van der Waals surface area contributed by atoms with Gasteiger partial charge in [0.25, 0.3) is 5.56 Å². The number of carboxylic acid groups (broad SMARTS) is 1. The maximum absolute atomic E-state index is 11.6. The zero-order chi connectivity index (χ0) is 11.6. The molecule has 1 aromatic heterocycles. The Kier molecular flexibility index (Phi) is 3.62. The second-order valence-electron chi connectivity index (χ2n) is 3.15. The SMILES string of the molecule is CC[C@@H](C(=O)O)n1cc(C)nc(Br)c1=O. The van der Waals surface area contributed by atoms with E-state index in [2.05, 4.69) is 20.9 Å². The average molecular weight is 275 g/mol. The lowest BCUT2D eigenvalue weighted by Crippen LogP contribution is -2.30. The van der Waals surface area contributed by atoms with Crippen LogP contribution in [0.5, 0.6) is 0 Å². The van der Waals surface area contributed by atoms with Crippen LogP contribution in [-0.4, -0.2) is 20.6 Å². The first kappa shape index (κ1) is 11.9. The van der Waals surface area contributed by atoms with Gasteiger partial charge in [0.15, 0.2) is 4.60 Å². The number of halogens is 1. The van der Waals surface area contributed by atoms with Crippen LogP contribution in [0.15, 0.2) is 15.6 Å². The summed E-state index contributed by atoms with van der Waals surface area (Å²) < 4.78 is 1.33. The van der Waals surface area contributed by atoms with Crippen LogP contribution in [-0.2, 0) is 4.79 Å². The maximum Gasteiger partial charge on any atom is 0.326 e. The van der Waals surface area contributed by atoms with E-state index in [1.165, 1.54) is 10.8 Å². The highest BCUT2D eigenvalue weighted by atomic mass is 79.9. The van der Waals surface area contributed by atoms with Crippen LogP contribution in [0.25, 0.3) is 0 Å². The van der Waals surface area contributed by atoms with Crippen LogP contribution in [0.3, 0.4) is 0 Å². The summed E-state index contributed by atoms with van der Waals surface area (Å²) in [6, 6.07) is -0.838. The monoisotopic (exact) mass is 274 g/mol. The van der Waals surface area contributed by atoms with Gasteiger partial charge in [0, 0.05) is 6.20 Å². The normalized spacial score (nSPS) is 12.5. The quantitative estimate of drug-likeness (QED) is 0.903. The van der Waals surface area contributed by atoms with E-state index in [0.717, 1.165) is 0 Å². The summed E-state index contributed by atoms with van der Waals surface area (Å²) in [5.41, 5.74) is 0.177. The lowest BCUT2D eigenvalue weighted by molar-refractivity contribution is -0.141. The van der Waals surface area contributed by atoms with Gasteiger partial charge >= 0.3 is 5.97 Å². The Bertz CT molecular complexity index is 441. The molecule has 0 aliphatic carbocycles. The molecular weight excluding hydrogens is 264 g/mol. The van der Waals surface area contributed by atoms with Crippen LogP contribution in [0.4, 0.5) is 0 Å². The van der Waals surface area contributed by atoms with E-state index >= 15 is 0 Å². The minimum absolute atomic E-state index is 0.141. The van der Waals surface area contributed by atoms with Gasteiger partial charge in [-0.15, -0.1) is 0 Å². The van der Waals surface area contributed by atoms with E-state index in [9.17, 15) is 9.59 Å². The minimum Gasteiger partial charge on any atom is -0.480 e. The number of rotatable bonds is 3. The Hall–Kier alpha value is -1.17. The van der Waals surface area contributed by atoms with E-state index in [1.807, 2.05) is 0 Å². The third-order valence-corrected chi connectivity index (χ3v) is 2.54. The van der Waals surface area contributed by atoms with Gasteiger partial charge in [-0.3, -0.25) is 9.36 Å². The Balaban J connectivity index is 3.35. The van der Waals surface area contributed by atoms with Gasteiger partial charge in [-0.1, -0.05) is 6.92 Å². The molecule has 0 fully saturated rings. The molecule has 0 saturated carbocycles. The second-order valence-corrected chi connectivity index (χ2v) is 3.90. The fraction of sp³-hybridized carbons (Fsp3) is 0.444. The summed E-state index contributed by atoms with van der Waals surface area (Å²) in [4.78, 5) is 26.4. The molecule has 5 nitrogen and oxygen atoms in total. The average Bonchev–Trinajstić information content (AvgIpc) is 2.13. The second kappa shape index (κ2) is 4.57. The first-order valence-corrected chi connectivity index (χ1v) is 5.24. The molecule has 0 unspecified atom stereocenters. The van der Waals surface area contributed by atoms with Crippen LogP contribution < -0.4 is 5.56 Å². The van der Waals surface area contributed by atoms with E-state index in [-0.39, 0.29) is 4.60 Å². The van der Waals surface area contributed by atoms with Crippen molar-refractivity contribution in [3.8, 4) is 0 Å². The maximum atomic E-state index is 11.6. The molecule has 0 radical (unpaired) electrons. The Morgan fingerprint density at radius 3 is 2.80 bits per heavy atom. The molecule has 0 amide bonds. The summed E-state index contributed by atoms with van der Waals surface area (Å²) in [5, 5.41) is 8.94. The first-order chi connectivity index (χ1) is 6.97. The summed E-state index contributed by atoms with van der Waals surface area (Å²) in [5.74, 6) is -1.02. The number of nitrogens with zero attached hydrogens (tertiary/aromatic N) is 2. The highest BCUT2D eigenvalue weighted by Gasteiger charge is 2.19. The molecule has 0 aromatic carbocycles. The van der Waals surface area contributed by atoms with Gasteiger partial charge in [0.1, 0.15) is 6.04 Å². The summed E-state index contributed by atoms with van der Waals surface area (Å²) in [6.45, 7) is 3.42. The Morgan fingerprint density at radius 1 is 1.73 bits per heavy atom. The molecule has 0 bridgehead atoms. The standard InChI is InChI=1S/C9H11BrN2O3/c1-3-6(9(14)15)12-4-5(2)11-7(10)8(12)13/h4,6H,3H2,1-2H3,(H,14,15)/t6-/m0/s1. The van der Waals surface area contributed by atoms with Crippen LogP contribution in [0.2, 0.25) is 0 Å². The fourth-order valence-electron chi connectivity index (χ4n) is 1.32. The van der Waals surface area contributed by atoms with Crippen molar-refractivity contribution in [2.24, 2.45) is 0 Å². The van der Waals surface area contributed by atoms with Gasteiger partial charge in [-0.05, 0) is 29.3 Å². The molecule has 0 saturated heterocycles. The highest BCUT2D eigenvalue weighted by Crippen LogP contribution is 2.11. The van der Waals surface area contributed by atoms with Crippen molar-refractivity contribution >= 4 is 21.9 Å². The van der Waals surface area contributed by atoms with E-state index in [1.54, 1.807) is 13.8 Å². The number of aromatic nitrogens is 2. The van der Waals surface area contributed by atoms with Crippen molar-refractivity contribution < 1.29 is 9.90 Å². The van der Waals surface area contributed by atoms with Gasteiger partial charge in [0.2, 0.25) is 0 Å². The number of aryl methyl sites for hydroxylation is 1. The molecule has 6 heteroatoms. The van der Waals surface area contributed by atoms with E-state index < -0.39 is 17.6 Å². The molecule has 0 spiro atoms. The molecule has 1 N–H and O–H groups in total. The van der Waals surface area contributed by atoms with Crippen molar-refractivity contribution in [3.63, 3.8) is 0 Å². The van der Waals surface area contributed by atoms with Crippen molar-refractivity contribution in [1.82, 2.24) is 9.55 Å². The largest absolute Gasteiger partial charge is 0.480 e. The molecule has 82 valence electrons. The van der Waals surface area contributed by atoms with E-state index in [4.69, 9.17) is 5.11 Å². The van der Waals surface area contributed by atoms with Crippen molar-refractivity contribution in [2.75, 3.05) is 0 Å². The molecule has 15 heavy (non-hydrogen) atoms. The number of carbonyl (C=O) groups is 1. The molecule has 1 heterocycles. The zero-order valence-electron chi connectivity index (χ0n) is 8.40. The fourth-order valence-corrected chi connectivity index (χ4v) is 1.80. The molecule has 1 aromatic rings. The molecule has 1 rings (SSSR count). The smallest absolute Gasteiger partial charge is 0.326 e. The third-order valence-electron chi connectivity index (χ3n) is 2.02.